The van der Waals surface area contributed by atoms with Gasteiger partial charge in [0.25, 0.3) is 5.91 Å². The summed E-state index contributed by atoms with van der Waals surface area (Å²) in [6.07, 6.45) is 5.41. The van der Waals surface area contributed by atoms with Gasteiger partial charge in [0.15, 0.2) is 0 Å². The Hall–Kier alpha value is -2.56. The molecule has 2 N–H and O–H groups in total. The van der Waals surface area contributed by atoms with Crippen LogP contribution in [0.5, 0.6) is 5.75 Å². The van der Waals surface area contributed by atoms with Crippen molar-refractivity contribution in [3.05, 3.63) is 48.3 Å². The number of ether oxygens (including phenoxy) is 1. The van der Waals surface area contributed by atoms with E-state index in [2.05, 4.69) is 15.6 Å². The zero-order chi connectivity index (χ0) is 15.4. The van der Waals surface area contributed by atoms with Gasteiger partial charge in [0.05, 0.1) is 29.7 Å². The van der Waals surface area contributed by atoms with Gasteiger partial charge in [-0.05, 0) is 38.0 Å². The Morgan fingerprint density at radius 1 is 1.32 bits per heavy atom. The average molecular weight is 297 g/mol. The Morgan fingerprint density at radius 2 is 2.14 bits per heavy atom. The first-order valence-corrected chi connectivity index (χ1v) is 7.51. The van der Waals surface area contributed by atoms with Gasteiger partial charge in [-0.3, -0.25) is 9.78 Å². The lowest BCUT2D eigenvalue weighted by molar-refractivity contribution is 0.0951. The predicted octanol–water partition coefficient (Wildman–Crippen LogP) is 3.12. The van der Waals surface area contributed by atoms with E-state index in [1.165, 1.54) is 0 Å². The second kappa shape index (κ2) is 6.47. The zero-order valence-electron chi connectivity index (χ0n) is 12.5. The highest BCUT2D eigenvalue weighted by Gasteiger charge is 2.23. The number of carbonyl (C=O) groups is 1. The van der Waals surface area contributed by atoms with Gasteiger partial charge in [-0.2, -0.15) is 0 Å². The van der Waals surface area contributed by atoms with E-state index in [1.54, 1.807) is 18.5 Å². The third kappa shape index (κ3) is 3.55. The predicted molar refractivity (Wildman–Crippen MR) is 85.6 cm³/mol. The van der Waals surface area contributed by atoms with Crippen molar-refractivity contribution in [1.29, 1.82) is 0 Å². The number of nitrogens with zero attached hydrogens (tertiary/aromatic N) is 1. The minimum absolute atomic E-state index is 0.0725. The molecule has 0 aliphatic heterocycles. The number of hydrogen-bond acceptors (Lipinski definition) is 4. The highest BCUT2D eigenvalue weighted by atomic mass is 16.5. The quantitative estimate of drug-likeness (QED) is 0.860. The maximum atomic E-state index is 12.1. The molecule has 0 radical (unpaired) electrons. The summed E-state index contributed by atoms with van der Waals surface area (Å²) in [4.78, 5) is 16.2. The molecule has 22 heavy (non-hydrogen) atoms. The fourth-order valence-electron chi connectivity index (χ4n) is 2.14. The molecule has 1 fully saturated rings. The number of carbonyl (C=O) groups excluding carboxylic acids is 1. The molecule has 5 heteroatoms. The standard InChI is InChI=1S/C17H19N3O2/c1-2-22-16-6-4-3-5-15(16)19-14-9-12(10-18-11-14)17(21)20-13-7-8-13/h3-6,9-11,13,19H,2,7-8H2,1H3,(H,20,21). The van der Waals surface area contributed by atoms with Crippen LogP contribution < -0.4 is 15.4 Å². The van der Waals surface area contributed by atoms with Crippen molar-refractivity contribution in [2.45, 2.75) is 25.8 Å². The van der Waals surface area contributed by atoms with E-state index in [0.717, 1.165) is 30.0 Å². The molecule has 1 amide bonds. The highest BCUT2D eigenvalue weighted by Crippen LogP contribution is 2.27. The molecule has 3 rings (SSSR count). The van der Waals surface area contributed by atoms with Crippen molar-refractivity contribution < 1.29 is 9.53 Å². The molecule has 1 aliphatic rings. The topological polar surface area (TPSA) is 63.2 Å². The number of aromatic nitrogens is 1. The van der Waals surface area contributed by atoms with Gasteiger partial charge < -0.3 is 15.4 Å². The molecular formula is C17H19N3O2. The van der Waals surface area contributed by atoms with Gasteiger partial charge in [0.1, 0.15) is 5.75 Å². The van der Waals surface area contributed by atoms with Crippen LogP contribution in [0.25, 0.3) is 0 Å². The van der Waals surface area contributed by atoms with E-state index in [0.29, 0.717) is 18.2 Å². The summed E-state index contributed by atoms with van der Waals surface area (Å²) in [7, 11) is 0. The Labute approximate surface area is 129 Å². The number of pyridine rings is 1. The summed E-state index contributed by atoms with van der Waals surface area (Å²) in [5, 5.41) is 6.22. The third-order valence-electron chi connectivity index (χ3n) is 3.38. The van der Waals surface area contributed by atoms with E-state index >= 15 is 0 Å². The minimum atomic E-state index is -0.0725. The van der Waals surface area contributed by atoms with Crippen molar-refractivity contribution in [1.82, 2.24) is 10.3 Å². The van der Waals surface area contributed by atoms with Crippen LogP contribution in [0.2, 0.25) is 0 Å². The summed E-state index contributed by atoms with van der Waals surface area (Å²) in [5.74, 6) is 0.703. The summed E-state index contributed by atoms with van der Waals surface area (Å²) in [6, 6.07) is 9.83. The fourth-order valence-corrected chi connectivity index (χ4v) is 2.14. The third-order valence-corrected chi connectivity index (χ3v) is 3.38. The molecule has 0 unspecified atom stereocenters. The van der Waals surface area contributed by atoms with Crippen molar-refractivity contribution >= 4 is 17.3 Å². The van der Waals surface area contributed by atoms with Gasteiger partial charge in [-0.15, -0.1) is 0 Å². The van der Waals surface area contributed by atoms with Crippen LogP contribution >= 0.6 is 0 Å². The second-order valence-corrected chi connectivity index (χ2v) is 5.26. The molecule has 0 spiro atoms. The van der Waals surface area contributed by atoms with Crippen molar-refractivity contribution in [3.63, 3.8) is 0 Å². The van der Waals surface area contributed by atoms with E-state index in [4.69, 9.17) is 4.74 Å². The first kappa shape index (κ1) is 14.4. The summed E-state index contributed by atoms with van der Waals surface area (Å²) in [5.41, 5.74) is 2.17. The molecule has 1 aliphatic carbocycles. The largest absolute Gasteiger partial charge is 0.492 e. The Balaban J connectivity index is 1.76. The summed E-state index contributed by atoms with van der Waals surface area (Å²) < 4.78 is 5.59. The number of anilines is 2. The first-order valence-electron chi connectivity index (χ1n) is 7.51. The van der Waals surface area contributed by atoms with Crippen LogP contribution in [-0.4, -0.2) is 23.5 Å². The summed E-state index contributed by atoms with van der Waals surface area (Å²) in [6.45, 7) is 2.54. The Morgan fingerprint density at radius 3 is 2.91 bits per heavy atom. The zero-order valence-corrected chi connectivity index (χ0v) is 12.5. The monoisotopic (exact) mass is 297 g/mol. The number of para-hydroxylation sites is 2. The smallest absolute Gasteiger partial charge is 0.253 e. The molecule has 1 saturated carbocycles. The lowest BCUT2D eigenvalue weighted by atomic mass is 10.2. The van der Waals surface area contributed by atoms with Crippen LogP contribution in [-0.2, 0) is 0 Å². The fraction of sp³-hybridized carbons (Fsp3) is 0.294. The minimum Gasteiger partial charge on any atom is -0.492 e. The molecule has 1 heterocycles. The van der Waals surface area contributed by atoms with Gasteiger partial charge in [0.2, 0.25) is 0 Å². The number of rotatable bonds is 6. The van der Waals surface area contributed by atoms with Gasteiger partial charge in [-0.1, -0.05) is 12.1 Å². The highest BCUT2D eigenvalue weighted by molar-refractivity contribution is 5.95. The van der Waals surface area contributed by atoms with E-state index < -0.39 is 0 Å². The van der Waals surface area contributed by atoms with Gasteiger partial charge in [0, 0.05) is 12.2 Å². The molecule has 0 atom stereocenters. The Bertz CT molecular complexity index is 668. The SMILES string of the molecule is CCOc1ccccc1Nc1cncc(C(=O)NC2CC2)c1. The summed E-state index contributed by atoms with van der Waals surface area (Å²) >= 11 is 0. The molecule has 5 nitrogen and oxygen atoms in total. The molecule has 0 saturated heterocycles. The normalized spacial score (nSPS) is 13.5. The second-order valence-electron chi connectivity index (χ2n) is 5.26. The van der Waals surface area contributed by atoms with Crippen LogP contribution in [0.3, 0.4) is 0 Å². The van der Waals surface area contributed by atoms with Gasteiger partial charge in [-0.25, -0.2) is 0 Å². The van der Waals surface area contributed by atoms with Crippen LogP contribution in [0.15, 0.2) is 42.7 Å². The van der Waals surface area contributed by atoms with Crippen LogP contribution in [0.4, 0.5) is 11.4 Å². The van der Waals surface area contributed by atoms with Crippen molar-refractivity contribution in [3.8, 4) is 5.75 Å². The molecule has 1 aromatic heterocycles. The maximum absolute atomic E-state index is 12.1. The first-order chi connectivity index (χ1) is 10.8. The number of benzene rings is 1. The number of hydrogen-bond donors (Lipinski definition) is 2. The van der Waals surface area contributed by atoms with Crippen LogP contribution in [0.1, 0.15) is 30.1 Å². The number of amides is 1. The lowest BCUT2D eigenvalue weighted by Crippen LogP contribution is -2.25. The van der Waals surface area contributed by atoms with Crippen molar-refractivity contribution in [2.24, 2.45) is 0 Å². The van der Waals surface area contributed by atoms with E-state index in [1.807, 2.05) is 31.2 Å². The Kier molecular flexibility index (Phi) is 4.23. The molecule has 2 aromatic rings. The van der Waals surface area contributed by atoms with E-state index in [-0.39, 0.29) is 5.91 Å². The molecule has 0 bridgehead atoms. The van der Waals surface area contributed by atoms with E-state index in [9.17, 15) is 4.79 Å². The average Bonchev–Trinajstić information content (AvgIpc) is 3.34. The molecule has 1 aromatic carbocycles. The van der Waals surface area contributed by atoms with Crippen molar-refractivity contribution in [2.75, 3.05) is 11.9 Å². The van der Waals surface area contributed by atoms with Crippen LogP contribution in [0, 0.1) is 0 Å². The number of nitrogens with one attached hydrogen (secondary N) is 2. The maximum Gasteiger partial charge on any atom is 0.253 e. The molecular weight excluding hydrogens is 278 g/mol. The van der Waals surface area contributed by atoms with Gasteiger partial charge >= 0.3 is 0 Å². The molecule has 114 valence electrons. The lowest BCUT2D eigenvalue weighted by Gasteiger charge is -2.12.